The molecule has 7 nitrogen and oxygen atoms in total. The highest BCUT2D eigenvalue weighted by Crippen LogP contribution is 2.25. The molecule has 1 N–H and O–H groups in total. The Labute approximate surface area is 142 Å². The molecule has 24 heavy (non-hydrogen) atoms. The number of esters is 1. The number of nitrogens with zero attached hydrogens (tertiary/aromatic N) is 1. The third-order valence-corrected chi connectivity index (χ3v) is 3.54. The maximum atomic E-state index is 12.4. The summed E-state index contributed by atoms with van der Waals surface area (Å²) in [6.07, 6.45) is 0. The van der Waals surface area contributed by atoms with Gasteiger partial charge in [-0.25, -0.2) is 4.79 Å². The molecule has 0 heterocycles. The molecular weight excluding hydrogens is 336 g/mol. The van der Waals surface area contributed by atoms with Gasteiger partial charge in [-0.05, 0) is 36.8 Å². The zero-order valence-electron chi connectivity index (χ0n) is 12.8. The first-order valence-corrected chi connectivity index (χ1v) is 7.15. The van der Waals surface area contributed by atoms with Crippen LogP contribution in [0.5, 0.6) is 0 Å². The lowest BCUT2D eigenvalue weighted by Gasteiger charge is -2.10. The van der Waals surface area contributed by atoms with Gasteiger partial charge in [-0.2, -0.15) is 0 Å². The van der Waals surface area contributed by atoms with Crippen LogP contribution in [0.1, 0.15) is 26.3 Å². The normalized spacial score (nSPS) is 10.1. The van der Waals surface area contributed by atoms with Crippen molar-refractivity contribution >= 4 is 34.9 Å². The number of nitro groups is 1. The fraction of sp³-hybridized carbons (Fsp3) is 0.125. The van der Waals surface area contributed by atoms with E-state index >= 15 is 0 Å². The van der Waals surface area contributed by atoms with Crippen LogP contribution in [0.4, 0.5) is 11.4 Å². The van der Waals surface area contributed by atoms with Crippen LogP contribution in [0.15, 0.2) is 36.4 Å². The van der Waals surface area contributed by atoms with Crippen molar-refractivity contribution in [3.8, 4) is 0 Å². The SMILES string of the molecule is COC(=O)c1ccc(C)c(NC(=O)c2ccc(Cl)cc2[N+](=O)[O-])c1. The number of methoxy groups -OCH3 is 1. The summed E-state index contributed by atoms with van der Waals surface area (Å²) in [7, 11) is 1.25. The van der Waals surface area contributed by atoms with Crippen LogP contribution < -0.4 is 5.32 Å². The van der Waals surface area contributed by atoms with Crippen LogP contribution in [0.25, 0.3) is 0 Å². The average Bonchev–Trinajstić information content (AvgIpc) is 2.55. The molecule has 0 spiro atoms. The van der Waals surface area contributed by atoms with Crippen LogP contribution >= 0.6 is 11.6 Å². The summed E-state index contributed by atoms with van der Waals surface area (Å²) in [5.74, 6) is -1.23. The van der Waals surface area contributed by atoms with Gasteiger partial charge in [0.2, 0.25) is 0 Å². The molecule has 0 radical (unpaired) electrons. The monoisotopic (exact) mass is 348 g/mol. The second-order valence-electron chi connectivity index (χ2n) is 4.89. The van der Waals surface area contributed by atoms with Crippen molar-refractivity contribution in [2.24, 2.45) is 0 Å². The number of rotatable bonds is 4. The number of hydrogen-bond donors (Lipinski definition) is 1. The summed E-state index contributed by atoms with van der Waals surface area (Å²) in [5, 5.41) is 13.8. The summed E-state index contributed by atoms with van der Waals surface area (Å²) >= 11 is 5.74. The van der Waals surface area contributed by atoms with Crippen molar-refractivity contribution in [3.63, 3.8) is 0 Å². The molecule has 0 saturated heterocycles. The molecule has 2 aromatic rings. The summed E-state index contributed by atoms with van der Waals surface area (Å²) in [4.78, 5) is 34.4. The van der Waals surface area contributed by atoms with E-state index in [1.165, 1.54) is 25.3 Å². The van der Waals surface area contributed by atoms with Crippen molar-refractivity contribution in [2.45, 2.75) is 6.92 Å². The average molecular weight is 349 g/mol. The van der Waals surface area contributed by atoms with Crippen LogP contribution in [-0.2, 0) is 4.74 Å². The first-order valence-electron chi connectivity index (χ1n) is 6.77. The van der Waals surface area contributed by atoms with E-state index in [1.807, 2.05) is 0 Å². The highest BCUT2D eigenvalue weighted by Gasteiger charge is 2.21. The smallest absolute Gasteiger partial charge is 0.337 e. The number of amides is 1. The molecule has 0 unspecified atom stereocenters. The highest BCUT2D eigenvalue weighted by molar-refractivity contribution is 6.31. The Morgan fingerprint density at radius 1 is 1.21 bits per heavy atom. The fourth-order valence-corrected chi connectivity index (χ4v) is 2.21. The summed E-state index contributed by atoms with van der Waals surface area (Å²) in [6, 6.07) is 8.41. The predicted octanol–water partition coefficient (Wildman–Crippen LogP) is 3.60. The largest absolute Gasteiger partial charge is 0.465 e. The van der Waals surface area contributed by atoms with Gasteiger partial charge >= 0.3 is 5.97 Å². The minimum atomic E-state index is -0.682. The van der Waals surface area contributed by atoms with Gasteiger partial charge < -0.3 is 10.1 Å². The molecule has 0 fully saturated rings. The number of benzene rings is 2. The number of anilines is 1. The number of nitrogens with one attached hydrogen (secondary N) is 1. The lowest BCUT2D eigenvalue weighted by Crippen LogP contribution is -2.15. The molecule has 124 valence electrons. The minimum absolute atomic E-state index is 0.132. The lowest BCUT2D eigenvalue weighted by atomic mass is 10.1. The molecule has 8 heteroatoms. The molecule has 2 aromatic carbocycles. The van der Waals surface area contributed by atoms with Gasteiger partial charge in [0.25, 0.3) is 11.6 Å². The van der Waals surface area contributed by atoms with Gasteiger partial charge in [0.15, 0.2) is 0 Å². The third-order valence-electron chi connectivity index (χ3n) is 3.31. The topological polar surface area (TPSA) is 98.5 Å². The first-order chi connectivity index (χ1) is 11.3. The molecule has 0 bridgehead atoms. The molecular formula is C16H13ClN2O5. The molecule has 0 aliphatic heterocycles. The number of ether oxygens (including phenoxy) is 1. The van der Waals surface area contributed by atoms with E-state index in [9.17, 15) is 19.7 Å². The van der Waals surface area contributed by atoms with Gasteiger partial charge in [0, 0.05) is 16.8 Å². The number of hydrogen-bond acceptors (Lipinski definition) is 5. The van der Waals surface area contributed by atoms with Crippen molar-refractivity contribution in [2.75, 3.05) is 12.4 Å². The molecule has 0 aromatic heterocycles. The maximum Gasteiger partial charge on any atom is 0.337 e. The van der Waals surface area contributed by atoms with E-state index in [0.29, 0.717) is 11.3 Å². The van der Waals surface area contributed by atoms with Crippen molar-refractivity contribution in [1.82, 2.24) is 0 Å². The van der Waals surface area contributed by atoms with Gasteiger partial charge in [-0.1, -0.05) is 17.7 Å². The maximum absolute atomic E-state index is 12.4. The molecule has 0 atom stereocenters. The number of halogens is 1. The van der Waals surface area contributed by atoms with E-state index in [2.05, 4.69) is 10.1 Å². The molecule has 0 aliphatic rings. The number of nitro benzene ring substituents is 1. The third kappa shape index (κ3) is 3.69. The molecule has 1 amide bonds. The van der Waals surface area contributed by atoms with Crippen LogP contribution in [0.2, 0.25) is 5.02 Å². The Kier molecular flexibility index (Phi) is 5.15. The van der Waals surface area contributed by atoms with E-state index < -0.39 is 22.5 Å². The Morgan fingerprint density at radius 2 is 1.92 bits per heavy atom. The van der Waals surface area contributed by atoms with Gasteiger partial charge in [0.1, 0.15) is 5.56 Å². The van der Waals surface area contributed by atoms with Gasteiger partial charge in [-0.3, -0.25) is 14.9 Å². The van der Waals surface area contributed by atoms with E-state index in [-0.39, 0.29) is 16.1 Å². The van der Waals surface area contributed by atoms with E-state index in [0.717, 1.165) is 6.07 Å². The Balaban J connectivity index is 2.37. The van der Waals surface area contributed by atoms with Gasteiger partial charge in [0.05, 0.1) is 17.6 Å². The van der Waals surface area contributed by atoms with Gasteiger partial charge in [-0.15, -0.1) is 0 Å². The van der Waals surface area contributed by atoms with Crippen molar-refractivity contribution < 1.29 is 19.2 Å². The highest BCUT2D eigenvalue weighted by atomic mass is 35.5. The van der Waals surface area contributed by atoms with Crippen molar-refractivity contribution in [1.29, 1.82) is 0 Å². The first kappa shape index (κ1) is 17.4. The minimum Gasteiger partial charge on any atom is -0.465 e. The Morgan fingerprint density at radius 3 is 2.54 bits per heavy atom. The predicted molar refractivity (Wildman–Crippen MR) is 88.6 cm³/mol. The fourth-order valence-electron chi connectivity index (χ4n) is 2.04. The second-order valence-corrected chi connectivity index (χ2v) is 5.33. The Hall–Kier alpha value is -2.93. The number of carbonyl (C=O) groups is 2. The Bertz CT molecular complexity index is 835. The zero-order valence-corrected chi connectivity index (χ0v) is 13.6. The molecule has 0 aliphatic carbocycles. The summed E-state index contributed by atoms with van der Waals surface area (Å²) < 4.78 is 4.63. The van der Waals surface area contributed by atoms with Crippen LogP contribution in [0, 0.1) is 17.0 Å². The standard InChI is InChI=1S/C16H13ClN2O5/c1-9-3-4-10(16(21)24-2)7-13(9)18-15(20)12-6-5-11(17)8-14(12)19(22)23/h3-8H,1-2H3,(H,18,20). The molecule has 0 saturated carbocycles. The number of carbonyl (C=O) groups excluding carboxylic acids is 2. The van der Waals surface area contributed by atoms with Crippen molar-refractivity contribution in [3.05, 3.63) is 68.2 Å². The second kappa shape index (κ2) is 7.10. The lowest BCUT2D eigenvalue weighted by molar-refractivity contribution is -0.385. The van der Waals surface area contributed by atoms with Crippen LogP contribution in [-0.4, -0.2) is 23.9 Å². The summed E-state index contributed by atoms with van der Waals surface area (Å²) in [6.45, 7) is 1.73. The zero-order chi connectivity index (χ0) is 17.9. The quantitative estimate of drug-likeness (QED) is 0.517. The summed E-state index contributed by atoms with van der Waals surface area (Å²) in [5.41, 5.74) is 0.762. The molecule has 2 rings (SSSR count). The van der Waals surface area contributed by atoms with E-state index in [4.69, 9.17) is 11.6 Å². The van der Waals surface area contributed by atoms with E-state index in [1.54, 1.807) is 19.1 Å². The number of aryl methyl sites for hydroxylation is 1. The van der Waals surface area contributed by atoms with Crippen LogP contribution in [0.3, 0.4) is 0 Å².